The zero-order valence-electron chi connectivity index (χ0n) is 69.1. The number of carbonyl (C=O) groups excluding carboxylic acids is 4. The summed E-state index contributed by atoms with van der Waals surface area (Å²) in [5.41, 5.74) is -3.56. The Bertz CT molecular complexity index is 4810. The monoisotopic (exact) mass is 1980 g/mol. The number of methoxy groups -OCH3 is 4. The maximum atomic E-state index is 13.2. The number of ether oxygens (including phenoxy) is 8. The van der Waals surface area contributed by atoms with Crippen LogP contribution in [0.1, 0.15) is 130 Å². The number of nitrogens with zero attached hydrogens (tertiary/aromatic N) is 4. The van der Waals surface area contributed by atoms with Crippen LogP contribution in [0.4, 0.5) is 52.7 Å². The van der Waals surface area contributed by atoms with Gasteiger partial charge >= 0.3 is 24.7 Å². The van der Waals surface area contributed by atoms with Crippen molar-refractivity contribution in [2.45, 2.75) is 267 Å². The van der Waals surface area contributed by atoms with Crippen molar-refractivity contribution >= 4 is 109 Å². The first-order valence-electron chi connectivity index (χ1n) is 39.4. The Hall–Kier alpha value is -8.12. The fraction of sp³-hybridized carbons (Fsp3) is 0.600. The molecule has 8 fully saturated rings. The topological polar surface area (TPSA) is 422 Å². The summed E-state index contributed by atoms with van der Waals surface area (Å²) in [4.78, 5) is 49.6. The molecule has 0 unspecified atom stereocenters. The van der Waals surface area contributed by atoms with Crippen molar-refractivity contribution in [2.24, 2.45) is 23.7 Å². The summed E-state index contributed by atoms with van der Waals surface area (Å²) < 4.78 is 298. The molecule has 8 aliphatic carbocycles. The number of hydrogen-bond donors (Lipinski definition) is 4. The number of amides is 4. The Kier molecular flexibility index (Phi) is 32.2. The first-order valence-corrected chi connectivity index (χ1v) is 47.1. The zero-order valence-corrected chi connectivity index (χ0v) is 75.4. The van der Waals surface area contributed by atoms with Crippen LogP contribution in [0.3, 0.4) is 0 Å². The number of rotatable bonds is 28. The van der Waals surface area contributed by atoms with E-state index in [9.17, 15) is 127 Å². The molecule has 28 nitrogen and oxygen atoms in total. The normalized spacial score (nSPS) is 25.6. The molecule has 4 aromatic rings. The lowest BCUT2D eigenvalue weighted by Gasteiger charge is -2.19. The highest BCUT2D eigenvalue weighted by atomic mass is 35.5. The van der Waals surface area contributed by atoms with Gasteiger partial charge in [-0.25, -0.2) is 33.7 Å². The van der Waals surface area contributed by atoms with Gasteiger partial charge in [-0.3, -0.25) is 19.2 Å². The summed E-state index contributed by atoms with van der Waals surface area (Å²) in [6.07, 6.45) is -25.1. The van der Waals surface area contributed by atoms with Gasteiger partial charge in [-0.1, -0.05) is 46.4 Å². The Morgan fingerprint density at radius 1 is 0.336 bits per heavy atom. The van der Waals surface area contributed by atoms with Crippen LogP contribution in [-0.2, 0) is 77.5 Å². The molecule has 0 bridgehead atoms. The third-order valence-corrected chi connectivity index (χ3v) is 34.0. The van der Waals surface area contributed by atoms with Crippen LogP contribution in [-0.4, -0.2) is 202 Å². The van der Waals surface area contributed by atoms with Crippen LogP contribution in [0.2, 0.25) is 20.1 Å². The lowest BCUT2D eigenvalue weighted by molar-refractivity contribution is -0.189. The summed E-state index contributed by atoms with van der Waals surface area (Å²) in [5.74, 6) is -5.69. The molecule has 0 spiro atoms. The predicted molar refractivity (Wildman–Crippen MR) is 431 cm³/mol. The zero-order chi connectivity index (χ0) is 95.6. The highest BCUT2D eigenvalue weighted by Crippen LogP contribution is 2.48. The first-order chi connectivity index (χ1) is 59.3. The van der Waals surface area contributed by atoms with Crippen LogP contribution in [0.15, 0.2) is 92.4 Å². The van der Waals surface area contributed by atoms with Crippen molar-refractivity contribution in [3.05, 3.63) is 92.9 Å². The number of nitriles is 4. The number of hydrogen-bond acceptors (Lipinski definition) is 24. The second-order valence-corrected chi connectivity index (χ2v) is 42.8. The van der Waals surface area contributed by atoms with Gasteiger partial charge in [0.15, 0.2) is 63.8 Å². The fourth-order valence-electron chi connectivity index (χ4n) is 14.8. The van der Waals surface area contributed by atoms with Gasteiger partial charge in [-0.2, -0.15) is 73.7 Å². The molecule has 16 atom stereocenters. The van der Waals surface area contributed by atoms with E-state index in [1.54, 1.807) is 0 Å². The lowest BCUT2D eigenvalue weighted by Crippen LogP contribution is -2.42. The van der Waals surface area contributed by atoms with Gasteiger partial charge in [0.2, 0.25) is 23.6 Å². The number of nitrogens with one attached hydrogen (secondary N) is 4. The average Bonchev–Trinajstić information content (AvgIpc) is 1.47. The maximum Gasteiger partial charge on any atom is 0.425 e. The minimum absolute atomic E-state index is 0.0339. The van der Waals surface area contributed by atoms with Crippen LogP contribution < -0.4 is 40.2 Å². The Morgan fingerprint density at radius 2 is 0.500 bits per heavy atom. The number of alkyl halides is 12. The minimum Gasteiger partial charge on any atom is -0.481 e. The van der Waals surface area contributed by atoms with E-state index in [-0.39, 0.29) is 114 Å². The molecule has 4 aromatic carbocycles. The fourth-order valence-corrected chi connectivity index (χ4v) is 24.2. The van der Waals surface area contributed by atoms with E-state index >= 15 is 0 Å². The summed E-state index contributed by atoms with van der Waals surface area (Å²) in [6, 6.07) is 21.1. The molecule has 4 N–H and O–H groups in total. The number of halogens is 16. The molecule has 128 heavy (non-hydrogen) atoms. The van der Waals surface area contributed by atoms with E-state index in [4.69, 9.17) is 84.3 Å². The summed E-state index contributed by atoms with van der Waals surface area (Å²) in [6.45, 7) is 3.30. The molecule has 8 saturated carbocycles. The molecule has 0 heterocycles. The number of benzene rings is 4. The second kappa shape index (κ2) is 39.7. The molecule has 0 saturated heterocycles. The Balaban J connectivity index is 0.000000193. The molecular formula is C80H88Cl4F12N8O20S4. The minimum atomic E-state index is -4.59. The molecule has 8 aliphatic rings. The molecule has 12 rings (SSSR count). The standard InChI is InChI=1S/4C20H22ClF3N2O5S/c4*1-11(20(22,23)24)31-12-3-4-17(15(21)7-12)32(28,29)13-8-14(16(9-13)30-2)18(27)26-19(10-25)5-6-19/h4*3-4,7,11,13-14,16H,5-6,8-9H2,1-2H3,(H,26,27)/t2*11-,13+,14+,16+;2*11-,13-,14-,16-/m1010/s1. The van der Waals surface area contributed by atoms with E-state index in [1.807, 2.05) is 0 Å². The van der Waals surface area contributed by atoms with Crippen molar-refractivity contribution in [3.63, 3.8) is 0 Å². The Labute approximate surface area is 749 Å². The third-order valence-electron chi connectivity index (χ3n) is 23.4. The number of carbonyl (C=O) groups is 4. The van der Waals surface area contributed by atoms with Crippen LogP contribution in [0.5, 0.6) is 23.0 Å². The van der Waals surface area contributed by atoms with E-state index < -0.39 is 203 Å². The molecule has 48 heteroatoms. The maximum absolute atomic E-state index is 13.2. The van der Waals surface area contributed by atoms with E-state index in [0.717, 1.165) is 100 Å². The smallest absolute Gasteiger partial charge is 0.425 e. The molecule has 0 radical (unpaired) electrons. The number of sulfone groups is 4. The van der Waals surface area contributed by atoms with E-state index in [2.05, 4.69) is 45.5 Å². The quantitative estimate of drug-likeness (QED) is 0.0384. The summed E-state index contributed by atoms with van der Waals surface area (Å²) in [7, 11) is -10.6. The third kappa shape index (κ3) is 24.6. The van der Waals surface area contributed by atoms with Gasteiger partial charge in [0.05, 0.1) is 133 Å². The van der Waals surface area contributed by atoms with Gasteiger partial charge in [0, 0.05) is 52.7 Å². The molecule has 4 amide bonds. The molecule has 0 aromatic heterocycles. The van der Waals surface area contributed by atoms with Crippen LogP contribution in [0, 0.1) is 69.0 Å². The van der Waals surface area contributed by atoms with Crippen molar-refractivity contribution in [1.82, 2.24) is 21.3 Å². The molecular weight excluding hydrogens is 1890 g/mol. The highest BCUT2D eigenvalue weighted by Gasteiger charge is 2.56. The lowest BCUT2D eigenvalue weighted by atomic mass is 10.0. The van der Waals surface area contributed by atoms with Gasteiger partial charge in [0.25, 0.3) is 0 Å². The highest BCUT2D eigenvalue weighted by molar-refractivity contribution is 7.93. The average molecular weight is 1980 g/mol. The SMILES string of the molecule is CO[C@@H]1C[C@H](S(=O)(=O)c2ccc(O[C@@H](C)C(F)(F)F)cc2Cl)C[C@H]1C(=O)NC1(C#N)CC1.CO[C@@H]1C[C@H](S(=O)(=O)c2ccc(O[C@H](C)C(F)(F)F)cc2Cl)C[C@H]1C(=O)NC1(C#N)CC1.CO[C@H]1C[C@@H](S(=O)(=O)c2ccc(O[C@@H](C)C(F)(F)F)cc2Cl)C[C@@H]1C(=O)NC1(C#N)CC1.CO[C@H]1C[C@@H](S(=O)(=O)c2ccc(O[C@H](C)C(F)(F)F)cc2Cl)C[C@@H]1C(=O)NC1(C#N)CC1. The van der Waals surface area contributed by atoms with Crippen molar-refractivity contribution in [3.8, 4) is 47.3 Å². The summed E-state index contributed by atoms with van der Waals surface area (Å²) in [5, 5.41) is 42.3. The largest absolute Gasteiger partial charge is 0.481 e. The van der Waals surface area contributed by atoms with Crippen molar-refractivity contribution < 1.29 is 143 Å². The van der Waals surface area contributed by atoms with E-state index in [1.165, 1.54) is 28.4 Å². The van der Waals surface area contributed by atoms with E-state index in [0.29, 0.717) is 51.4 Å². The van der Waals surface area contributed by atoms with Gasteiger partial charge < -0.3 is 59.2 Å². The Morgan fingerprint density at radius 3 is 0.625 bits per heavy atom. The molecule has 0 aliphatic heterocycles. The van der Waals surface area contributed by atoms with Crippen LogP contribution >= 0.6 is 46.4 Å². The van der Waals surface area contributed by atoms with Crippen molar-refractivity contribution in [2.75, 3.05) is 28.4 Å². The van der Waals surface area contributed by atoms with Gasteiger partial charge in [-0.15, -0.1) is 0 Å². The molecule has 704 valence electrons. The second-order valence-electron chi connectivity index (χ2n) is 32.4. The van der Waals surface area contributed by atoms with Gasteiger partial charge in [-0.05, 0) is 179 Å². The van der Waals surface area contributed by atoms with Crippen LogP contribution in [0.25, 0.3) is 0 Å². The first kappa shape index (κ1) is 104. The predicted octanol–water partition coefficient (Wildman–Crippen LogP) is 13.6. The summed E-state index contributed by atoms with van der Waals surface area (Å²) >= 11 is 24.3. The van der Waals surface area contributed by atoms with Crippen molar-refractivity contribution in [1.29, 1.82) is 21.0 Å². The van der Waals surface area contributed by atoms with Gasteiger partial charge in [0.1, 0.15) is 45.2 Å².